The smallest absolute Gasteiger partial charge is 0.249 e. The summed E-state index contributed by atoms with van der Waals surface area (Å²) in [4.78, 5) is 12.9. The molecule has 4 aromatic rings. The van der Waals surface area contributed by atoms with Gasteiger partial charge in [0.1, 0.15) is 0 Å². The highest BCUT2D eigenvalue weighted by Gasteiger charge is 2.48. The van der Waals surface area contributed by atoms with Crippen LogP contribution in [0, 0.1) is 0 Å². The standard InChI is InChI=1S/C38H41Br2NO/c1-3-5-7-9-13-26-15-11-17-28(21-26)38(29-18-12-16-27(22-29)14-10-8-6-4-2)34-24-30(39)19-20-32(34)36-33(37(41)42)23-31(40)25-35(36)38/h11-12,15-25H,3-10,13-14H2,1-2H3,(H2,41,42). The van der Waals surface area contributed by atoms with E-state index in [9.17, 15) is 4.79 Å². The Morgan fingerprint density at radius 2 is 1.24 bits per heavy atom. The van der Waals surface area contributed by atoms with Gasteiger partial charge in [-0.3, -0.25) is 4.79 Å². The summed E-state index contributed by atoms with van der Waals surface area (Å²) in [5, 5.41) is 0. The number of hydrogen-bond acceptors (Lipinski definition) is 1. The van der Waals surface area contributed by atoms with Crippen LogP contribution in [0.5, 0.6) is 0 Å². The lowest BCUT2D eigenvalue weighted by Gasteiger charge is -2.35. The molecule has 0 unspecified atom stereocenters. The summed E-state index contributed by atoms with van der Waals surface area (Å²) in [6, 6.07) is 28.8. The average molecular weight is 688 g/mol. The minimum Gasteiger partial charge on any atom is -0.366 e. The molecule has 0 radical (unpaired) electrons. The van der Waals surface area contributed by atoms with Crippen molar-refractivity contribution in [3.63, 3.8) is 0 Å². The van der Waals surface area contributed by atoms with E-state index < -0.39 is 11.3 Å². The molecule has 4 heteroatoms. The number of rotatable bonds is 13. The fourth-order valence-corrected chi connectivity index (χ4v) is 7.62. The van der Waals surface area contributed by atoms with Gasteiger partial charge in [0.2, 0.25) is 5.91 Å². The molecule has 1 amide bonds. The number of benzene rings is 4. The van der Waals surface area contributed by atoms with Crippen molar-refractivity contribution >= 4 is 37.8 Å². The maximum absolute atomic E-state index is 12.9. The zero-order valence-electron chi connectivity index (χ0n) is 24.8. The first-order valence-corrected chi connectivity index (χ1v) is 17.1. The average Bonchev–Trinajstić information content (AvgIpc) is 3.27. The second kappa shape index (κ2) is 13.7. The van der Waals surface area contributed by atoms with Crippen molar-refractivity contribution in [2.75, 3.05) is 0 Å². The molecule has 42 heavy (non-hydrogen) atoms. The van der Waals surface area contributed by atoms with Crippen LogP contribution in [0.25, 0.3) is 11.1 Å². The van der Waals surface area contributed by atoms with Crippen molar-refractivity contribution < 1.29 is 4.79 Å². The molecule has 0 atom stereocenters. The highest BCUT2D eigenvalue weighted by molar-refractivity contribution is 9.10. The maximum atomic E-state index is 12.9. The Hall–Kier alpha value is -2.69. The van der Waals surface area contributed by atoms with E-state index in [0.29, 0.717) is 5.56 Å². The molecule has 0 fully saturated rings. The molecule has 0 heterocycles. The topological polar surface area (TPSA) is 43.1 Å². The fraction of sp³-hybridized carbons (Fsp3) is 0.342. The molecule has 2 nitrogen and oxygen atoms in total. The fourth-order valence-electron chi connectivity index (χ4n) is 6.80. The van der Waals surface area contributed by atoms with Crippen LogP contribution in [0.1, 0.15) is 109 Å². The zero-order valence-corrected chi connectivity index (χ0v) is 28.0. The van der Waals surface area contributed by atoms with Crippen LogP contribution < -0.4 is 5.73 Å². The summed E-state index contributed by atoms with van der Waals surface area (Å²) in [5.41, 5.74) is 15.5. The van der Waals surface area contributed by atoms with Gasteiger partial charge in [0.05, 0.1) is 5.41 Å². The van der Waals surface area contributed by atoms with Crippen molar-refractivity contribution in [1.82, 2.24) is 0 Å². The van der Waals surface area contributed by atoms with Gasteiger partial charge >= 0.3 is 0 Å². The molecule has 0 saturated heterocycles. The monoisotopic (exact) mass is 685 g/mol. The molecule has 0 aliphatic heterocycles. The lowest BCUT2D eigenvalue weighted by Crippen LogP contribution is -2.29. The Morgan fingerprint density at radius 1 is 0.667 bits per heavy atom. The Labute approximate surface area is 268 Å². The first-order valence-electron chi connectivity index (χ1n) is 15.5. The molecule has 4 aromatic carbocycles. The van der Waals surface area contributed by atoms with E-state index in [-0.39, 0.29) is 0 Å². The summed E-state index contributed by atoms with van der Waals surface area (Å²) in [6.45, 7) is 4.52. The Morgan fingerprint density at radius 3 is 1.79 bits per heavy atom. The van der Waals surface area contributed by atoms with Crippen LogP contribution in [0.4, 0.5) is 0 Å². The van der Waals surface area contributed by atoms with Crippen LogP contribution in [0.2, 0.25) is 0 Å². The quantitative estimate of drug-likeness (QED) is 0.123. The molecule has 0 saturated carbocycles. The van der Waals surface area contributed by atoms with Crippen LogP contribution in [-0.4, -0.2) is 5.91 Å². The zero-order chi connectivity index (χ0) is 29.7. The first kappa shape index (κ1) is 30.8. The van der Waals surface area contributed by atoms with Crippen molar-refractivity contribution in [1.29, 1.82) is 0 Å². The van der Waals surface area contributed by atoms with E-state index >= 15 is 0 Å². The van der Waals surface area contributed by atoms with Gasteiger partial charge in [0, 0.05) is 14.5 Å². The molecular weight excluding hydrogens is 646 g/mol. The number of amides is 1. The minimum absolute atomic E-state index is 0.411. The number of unbranched alkanes of at least 4 members (excludes halogenated alkanes) is 6. The van der Waals surface area contributed by atoms with Gasteiger partial charge in [-0.2, -0.15) is 0 Å². The van der Waals surface area contributed by atoms with Gasteiger partial charge in [0.15, 0.2) is 0 Å². The molecule has 2 N–H and O–H groups in total. The van der Waals surface area contributed by atoms with E-state index in [1.165, 1.54) is 79.2 Å². The Bertz CT molecular complexity index is 1520. The molecule has 1 aliphatic rings. The number of primary amides is 1. The van der Waals surface area contributed by atoms with E-state index in [1.54, 1.807) is 0 Å². The summed E-state index contributed by atoms with van der Waals surface area (Å²) in [7, 11) is 0. The predicted octanol–water partition coefficient (Wildman–Crippen LogP) is 10.9. The molecule has 0 spiro atoms. The summed E-state index contributed by atoms with van der Waals surface area (Å²) in [5.74, 6) is -0.411. The molecule has 0 bridgehead atoms. The van der Waals surface area contributed by atoms with Crippen LogP contribution >= 0.6 is 31.9 Å². The molecule has 5 rings (SSSR count). The van der Waals surface area contributed by atoms with Gasteiger partial charge in [-0.05, 0) is 94.5 Å². The Kier molecular flexibility index (Phi) is 10.1. The third-order valence-electron chi connectivity index (χ3n) is 8.79. The highest BCUT2D eigenvalue weighted by Crippen LogP contribution is 2.58. The van der Waals surface area contributed by atoms with Crippen molar-refractivity contribution in [2.45, 2.75) is 83.5 Å². The van der Waals surface area contributed by atoms with Crippen molar-refractivity contribution in [3.8, 4) is 11.1 Å². The number of nitrogens with two attached hydrogens (primary N) is 1. The third kappa shape index (κ3) is 6.03. The maximum Gasteiger partial charge on any atom is 0.249 e. The minimum atomic E-state index is -0.596. The molecular formula is C38H41Br2NO. The van der Waals surface area contributed by atoms with Crippen molar-refractivity contribution in [2.24, 2.45) is 5.73 Å². The largest absolute Gasteiger partial charge is 0.366 e. The number of fused-ring (bicyclic) bond motifs is 3. The van der Waals surface area contributed by atoms with Gasteiger partial charge in [0.25, 0.3) is 0 Å². The lowest BCUT2D eigenvalue weighted by molar-refractivity contribution is 0.100. The second-order valence-electron chi connectivity index (χ2n) is 11.7. The number of aryl methyl sites for hydroxylation is 2. The molecule has 218 valence electrons. The Balaban J connectivity index is 1.78. The van der Waals surface area contributed by atoms with Gasteiger partial charge in [-0.15, -0.1) is 0 Å². The molecule has 0 aromatic heterocycles. The summed E-state index contributed by atoms with van der Waals surface area (Å²) < 4.78 is 1.88. The van der Waals surface area contributed by atoms with Crippen LogP contribution in [0.3, 0.4) is 0 Å². The SMILES string of the molecule is CCCCCCc1cccc(C2(c3cccc(CCCCCC)c3)c3cc(Br)ccc3-c3c(C(N)=O)cc(Br)cc32)c1. The normalized spacial score (nSPS) is 13.1. The second-order valence-corrected chi connectivity index (χ2v) is 13.5. The van der Waals surface area contributed by atoms with Crippen LogP contribution in [-0.2, 0) is 18.3 Å². The van der Waals surface area contributed by atoms with Crippen molar-refractivity contribution in [3.05, 3.63) is 127 Å². The number of halogens is 2. The molecule has 1 aliphatic carbocycles. The van der Waals surface area contributed by atoms with E-state index in [4.69, 9.17) is 5.73 Å². The summed E-state index contributed by atoms with van der Waals surface area (Å²) >= 11 is 7.54. The van der Waals surface area contributed by atoms with Gasteiger partial charge < -0.3 is 5.73 Å². The first-order chi connectivity index (χ1) is 20.4. The number of carbonyl (C=O) groups is 1. The lowest BCUT2D eigenvalue weighted by atomic mass is 9.67. The number of carbonyl (C=O) groups excluding carboxylic acids is 1. The number of hydrogen-bond donors (Lipinski definition) is 1. The highest BCUT2D eigenvalue weighted by atomic mass is 79.9. The van der Waals surface area contributed by atoms with E-state index in [0.717, 1.165) is 38.5 Å². The predicted molar refractivity (Wildman–Crippen MR) is 183 cm³/mol. The van der Waals surface area contributed by atoms with Gasteiger partial charge in [-0.1, -0.05) is 139 Å². The van der Waals surface area contributed by atoms with Gasteiger partial charge in [-0.25, -0.2) is 0 Å². The third-order valence-corrected chi connectivity index (χ3v) is 9.74. The van der Waals surface area contributed by atoms with E-state index in [1.807, 2.05) is 6.07 Å². The van der Waals surface area contributed by atoms with Crippen LogP contribution in [0.15, 0.2) is 87.8 Å². The summed E-state index contributed by atoms with van der Waals surface area (Å²) in [6.07, 6.45) is 12.0. The van der Waals surface area contributed by atoms with E-state index in [2.05, 4.69) is 119 Å².